The third-order valence-electron chi connectivity index (χ3n) is 1.13. The van der Waals surface area contributed by atoms with Gasteiger partial charge >= 0.3 is 0 Å². The van der Waals surface area contributed by atoms with Crippen molar-refractivity contribution in [2.45, 2.75) is 20.3 Å². The molecule has 2 heteroatoms. The molecule has 64 valence electrons. The van der Waals surface area contributed by atoms with E-state index in [1.165, 1.54) is 11.8 Å². The van der Waals surface area contributed by atoms with Crippen molar-refractivity contribution in [3.05, 3.63) is 35.3 Å². The first-order valence-electron chi connectivity index (χ1n) is 3.90. The number of nitriles is 1. The number of nitrogens with zero attached hydrogens (tertiary/aromatic N) is 1. The van der Waals surface area contributed by atoms with Crippen LogP contribution in [0.5, 0.6) is 0 Å². The Morgan fingerprint density at radius 1 is 1.58 bits per heavy atom. The molecule has 0 aliphatic rings. The van der Waals surface area contributed by atoms with Gasteiger partial charge in [-0.05, 0) is 31.2 Å². The Kier molecular flexibility index (Phi) is 7.52. The van der Waals surface area contributed by atoms with E-state index in [0.29, 0.717) is 0 Å². The van der Waals surface area contributed by atoms with Gasteiger partial charge in [0, 0.05) is 4.91 Å². The monoisotopic (exact) mass is 179 g/mol. The minimum Gasteiger partial charge on any atom is -0.185 e. The maximum absolute atomic E-state index is 8.43. The van der Waals surface area contributed by atoms with Crippen LogP contribution < -0.4 is 0 Å². The van der Waals surface area contributed by atoms with Gasteiger partial charge in [0.05, 0.1) is 0 Å². The van der Waals surface area contributed by atoms with Crippen molar-refractivity contribution in [1.29, 1.82) is 5.26 Å². The summed E-state index contributed by atoms with van der Waals surface area (Å²) >= 11 is 1.18. The number of hydrogen-bond acceptors (Lipinski definition) is 2. The highest BCUT2D eigenvalue weighted by Gasteiger charge is 1.87. The average molecular weight is 179 g/mol. The highest BCUT2D eigenvalue weighted by molar-refractivity contribution is 8.07. The fourth-order valence-corrected chi connectivity index (χ4v) is 1.10. The molecule has 0 spiro atoms. The molecular weight excluding hydrogens is 166 g/mol. The van der Waals surface area contributed by atoms with Crippen LogP contribution in [0.1, 0.15) is 20.3 Å². The van der Waals surface area contributed by atoms with Crippen LogP contribution in [-0.2, 0) is 0 Å². The molecule has 12 heavy (non-hydrogen) atoms. The Hall–Kier alpha value is -0.940. The van der Waals surface area contributed by atoms with Gasteiger partial charge in [0.1, 0.15) is 5.40 Å². The van der Waals surface area contributed by atoms with E-state index in [1.807, 2.05) is 36.6 Å². The van der Waals surface area contributed by atoms with Crippen LogP contribution in [0.3, 0.4) is 0 Å². The zero-order chi connectivity index (χ0) is 9.23. The maximum atomic E-state index is 8.43. The second-order valence-corrected chi connectivity index (χ2v) is 2.96. The second kappa shape index (κ2) is 8.16. The van der Waals surface area contributed by atoms with E-state index in [4.69, 9.17) is 5.26 Å². The summed E-state index contributed by atoms with van der Waals surface area (Å²) in [5.74, 6) is 0. The molecule has 0 N–H and O–H groups in total. The summed E-state index contributed by atoms with van der Waals surface area (Å²) in [4.78, 5) is 0.977. The second-order valence-electron chi connectivity index (χ2n) is 2.10. The fraction of sp³-hybridized carbons (Fsp3) is 0.300. The molecule has 0 saturated heterocycles. The molecule has 0 unspecified atom stereocenters. The van der Waals surface area contributed by atoms with Crippen LogP contribution in [0.4, 0.5) is 0 Å². The van der Waals surface area contributed by atoms with Crippen LogP contribution in [0.2, 0.25) is 0 Å². The third kappa shape index (κ3) is 5.82. The van der Waals surface area contributed by atoms with Gasteiger partial charge in [0.2, 0.25) is 0 Å². The molecule has 0 atom stereocenters. The fourth-order valence-electron chi connectivity index (χ4n) is 0.640. The smallest absolute Gasteiger partial charge is 0.138 e. The molecule has 0 aromatic heterocycles. The molecule has 0 aromatic carbocycles. The van der Waals surface area contributed by atoms with E-state index >= 15 is 0 Å². The van der Waals surface area contributed by atoms with Crippen molar-refractivity contribution < 1.29 is 0 Å². The first-order valence-corrected chi connectivity index (χ1v) is 4.72. The maximum Gasteiger partial charge on any atom is 0.138 e. The summed E-state index contributed by atoms with van der Waals surface area (Å²) in [6.45, 7) is 4.02. The quantitative estimate of drug-likeness (QED) is 0.486. The van der Waals surface area contributed by atoms with E-state index in [2.05, 4.69) is 13.0 Å². The molecule has 0 aliphatic carbocycles. The van der Waals surface area contributed by atoms with E-state index in [1.54, 1.807) is 0 Å². The van der Waals surface area contributed by atoms with E-state index < -0.39 is 0 Å². The molecule has 0 saturated carbocycles. The summed E-state index contributed by atoms with van der Waals surface area (Å²) in [5, 5.41) is 10.5. The summed E-state index contributed by atoms with van der Waals surface area (Å²) in [6, 6.07) is 0. The van der Waals surface area contributed by atoms with Gasteiger partial charge in [-0.15, -0.1) is 0 Å². The molecule has 1 nitrogen and oxygen atoms in total. The molecule has 0 aliphatic heterocycles. The van der Waals surface area contributed by atoms with E-state index in [0.717, 1.165) is 11.3 Å². The van der Waals surface area contributed by atoms with Crippen molar-refractivity contribution in [2.75, 3.05) is 0 Å². The first-order chi connectivity index (χ1) is 5.85. The molecule has 0 rings (SSSR count). The van der Waals surface area contributed by atoms with Gasteiger partial charge in [-0.3, -0.25) is 0 Å². The van der Waals surface area contributed by atoms with E-state index in [-0.39, 0.29) is 0 Å². The Morgan fingerprint density at radius 2 is 2.33 bits per heavy atom. The summed E-state index contributed by atoms with van der Waals surface area (Å²) in [5.41, 5.74) is 0. The van der Waals surface area contributed by atoms with Crippen LogP contribution in [0, 0.1) is 10.7 Å². The van der Waals surface area contributed by atoms with Gasteiger partial charge in [0.15, 0.2) is 0 Å². The van der Waals surface area contributed by atoms with Gasteiger partial charge in [0.25, 0.3) is 0 Å². The molecule has 0 radical (unpaired) electrons. The number of thiocyanates is 1. The molecule has 0 fully saturated rings. The topological polar surface area (TPSA) is 23.8 Å². The standard InChI is InChI=1S/C10H13NS/c1-3-5-6-8-10(7-4-2)12-9-11/h4-8H,3H2,1-2H3/b6-5-,7-4-,10-8+. The SMILES string of the molecule is C\C=C/C(=C\C=C/CC)SC#N. The van der Waals surface area contributed by atoms with Crippen molar-refractivity contribution >= 4 is 11.8 Å². The molecule has 0 amide bonds. The van der Waals surface area contributed by atoms with Crippen molar-refractivity contribution in [1.82, 2.24) is 0 Å². The molecular formula is C10H13NS. The van der Waals surface area contributed by atoms with E-state index in [9.17, 15) is 0 Å². The normalized spacial score (nSPS) is 12.6. The predicted octanol–water partition coefficient (Wildman–Crippen LogP) is 3.63. The number of rotatable bonds is 4. The summed E-state index contributed by atoms with van der Waals surface area (Å²) in [7, 11) is 0. The highest BCUT2D eigenvalue weighted by atomic mass is 32.2. The van der Waals surface area contributed by atoms with Gasteiger partial charge in [-0.25, -0.2) is 0 Å². The lowest BCUT2D eigenvalue weighted by atomic mass is 10.3. The summed E-state index contributed by atoms with van der Waals surface area (Å²) < 4.78 is 0. The minimum atomic E-state index is 0.977. The number of hydrogen-bond donors (Lipinski definition) is 0. The average Bonchev–Trinajstić information content (AvgIpc) is 2.06. The van der Waals surface area contributed by atoms with Crippen LogP contribution in [-0.4, -0.2) is 0 Å². The van der Waals surface area contributed by atoms with Gasteiger partial charge in [-0.1, -0.05) is 31.2 Å². The Bertz CT molecular complexity index is 231. The number of thioether (sulfide) groups is 1. The van der Waals surface area contributed by atoms with Gasteiger partial charge < -0.3 is 0 Å². The van der Waals surface area contributed by atoms with Crippen molar-refractivity contribution in [3.63, 3.8) is 0 Å². The van der Waals surface area contributed by atoms with Crippen LogP contribution in [0.15, 0.2) is 35.3 Å². The zero-order valence-electron chi connectivity index (χ0n) is 7.45. The Morgan fingerprint density at radius 3 is 2.83 bits per heavy atom. The molecule has 0 aromatic rings. The molecule has 0 heterocycles. The molecule has 0 bridgehead atoms. The first kappa shape index (κ1) is 11.1. The van der Waals surface area contributed by atoms with Gasteiger partial charge in [-0.2, -0.15) is 5.26 Å². The lowest BCUT2D eigenvalue weighted by molar-refractivity contribution is 1.22. The van der Waals surface area contributed by atoms with Crippen molar-refractivity contribution in [2.24, 2.45) is 0 Å². The van der Waals surface area contributed by atoms with Crippen molar-refractivity contribution in [3.8, 4) is 5.40 Å². The lowest BCUT2D eigenvalue weighted by Crippen LogP contribution is -1.65. The van der Waals surface area contributed by atoms with Crippen LogP contribution >= 0.6 is 11.8 Å². The Labute approximate surface area is 78.5 Å². The number of allylic oxidation sites excluding steroid dienone is 5. The van der Waals surface area contributed by atoms with Crippen LogP contribution in [0.25, 0.3) is 0 Å². The minimum absolute atomic E-state index is 0.977. The predicted molar refractivity (Wildman–Crippen MR) is 55.5 cm³/mol. The Balaban J connectivity index is 4.19. The summed E-state index contributed by atoms with van der Waals surface area (Å²) in [6.07, 6.45) is 10.8. The highest BCUT2D eigenvalue weighted by Crippen LogP contribution is 2.15. The third-order valence-corrected chi connectivity index (χ3v) is 1.73. The zero-order valence-corrected chi connectivity index (χ0v) is 8.27. The largest absolute Gasteiger partial charge is 0.185 e. The lowest BCUT2D eigenvalue weighted by Gasteiger charge is -1.88.